The third-order valence-electron chi connectivity index (χ3n) is 3.21. The molecule has 1 unspecified atom stereocenters. The van der Waals surface area contributed by atoms with Crippen molar-refractivity contribution >= 4 is 0 Å². The monoisotopic (exact) mass is 180 g/mol. The SMILES string of the molecule is CCCCCCCC(C)C1=C(C)C1. The smallest absolute Gasteiger partial charge is 0.0103 e. The highest BCUT2D eigenvalue weighted by molar-refractivity contribution is 5.34. The van der Waals surface area contributed by atoms with Crippen LogP contribution in [-0.2, 0) is 0 Å². The topological polar surface area (TPSA) is 0 Å². The van der Waals surface area contributed by atoms with Crippen LogP contribution in [0.25, 0.3) is 0 Å². The molecule has 0 amide bonds. The zero-order chi connectivity index (χ0) is 9.68. The van der Waals surface area contributed by atoms with Crippen molar-refractivity contribution in [2.24, 2.45) is 5.92 Å². The molecule has 0 saturated carbocycles. The number of hydrogen-bond donors (Lipinski definition) is 0. The molecule has 0 N–H and O–H groups in total. The van der Waals surface area contributed by atoms with Gasteiger partial charge in [0, 0.05) is 0 Å². The van der Waals surface area contributed by atoms with Gasteiger partial charge >= 0.3 is 0 Å². The standard InChI is InChI=1S/C13H24/c1-4-5-6-7-8-9-11(2)13-10-12(13)3/h11H,4-10H2,1-3H3. The summed E-state index contributed by atoms with van der Waals surface area (Å²) in [5.74, 6) is 0.890. The van der Waals surface area contributed by atoms with Crippen molar-refractivity contribution in [1.29, 1.82) is 0 Å². The maximum Gasteiger partial charge on any atom is -0.0103 e. The molecule has 0 saturated heterocycles. The molecule has 0 aliphatic heterocycles. The molecule has 1 aliphatic rings. The van der Waals surface area contributed by atoms with Crippen molar-refractivity contribution in [2.45, 2.75) is 65.7 Å². The average molecular weight is 180 g/mol. The van der Waals surface area contributed by atoms with Gasteiger partial charge in [-0.2, -0.15) is 0 Å². The average Bonchev–Trinajstić information content (AvgIpc) is 2.82. The molecule has 76 valence electrons. The molecule has 0 aromatic rings. The summed E-state index contributed by atoms with van der Waals surface area (Å²) in [6.45, 7) is 6.95. The maximum absolute atomic E-state index is 2.39. The van der Waals surface area contributed by atoms with E-state index in [1.165, 1.54) is 44.9 Å². The Hall–Kier alpha value is -0.260. The van der Waals surface area contributed by atoms with Crippen molar-refractivity contribution in [3.8, 4) is 0 Å². The van der Waals surface area contributed by atoms with Crippen LogP contribution in [0.3, 0.4) is 0 Å². The van der Waals surface area contributed by atoms with E-state index in [2.05, 4.69) is 20.8 Å². The molecule has 13 heavy (non-hydrogen) atoms. The molecule has 0 aromatic carbocycles. The fourth-order valence-electron chi connectivity index (χ4n) is 2.06. The molecule has 0 aromatic heterocycles. The quantitative estimate of drug-likeness (QED) is 0.393. The van der Waals surface area contributed by atoms with E-state index in [0.29, 0.717) is 0 Å². The normalized spacial score (nSPS) is 17.8. The summed E-state index contributed by atoms with van der Waals surface area (Å²) in [5.41, 5.74) is 3.43. The van der Waals surface area contributed by atoms with Gasteiger partial charge in [0.2, 0.25) is 0 Å². The number of unbranched alkanes of at least 4 members (excludes halogenated alkanes) is 4. The Morgan fingerprint density at radius 2 is 1.77 bits per heavy atom. The summed E-state index contributed by atoms with van der Waals surface area (Å²) in [5, 5.41) is 0. The van der Waals surface area contributed by atoms with Crippen LogP contribution in [0.4, 0.5) is 0 Å². The predicted molar refractivity (Wildman–Crippen MR) is 59.9 cm³/mol. The Kier molecular flexibility index (Phi) is 4.55. The highest BCUT2D eigenvalue weighted by Crippen LogP contribution is 2.38. The molecule has 1 rings (SSSR count). The summed E-state index contributed by atoms with van der Waals surface area (Å²) in [7, 11) is 0. The number of hydrogen-bond acceptors (Lipinski definition) is 0. The molecule has 0 heteroatoms. The van der Waals surface area contributed by atoms with Crippen molar-refractivity contribution < 1.29 is 0 Å². The molecule has 0 nitrogen and oxygen atoms in total. The minimum absolute atomic E-state index is 0.890. The van der Waals surface area contributed by atoms with Gasteiger partial charge in [-0.3, -0.25) is 0 Å². The van der Waals surface area contributed by atoms with Crippen LogP contribution in [0, 0.1) is 5.92 Å². The van der Waals surface area contributed by atoms with Crippen LogP contribution in [0.1, 0.15) is 65.7 Å². The van der Waals surface area contributed by atoms with E-state index in [9.17, 15) is 0 Å². The van der Waals surface area contributed by atoms with Gasteiger partial charge in [0.15, 0.2) is 0 Å². The van der Waals surface area contributed by atoms with Gasteiger partial charge in [0.1, 0.15) is 0 Å². The summed E-state index contributed by atoms with van der Waals surface area (Å²) in [6.07, 6.45) is 9.89. The fourth-order valence-corrected chi connectivity index (χ4v) is 2.06. The summed E-state index contributed by atoms with van der Waals surface area (Å²) < 4.78 is 0. The number of rotatable bonds is 7. The fraction of sp³-hybridized carbons (Fsp3) is 0.846. The van der Waals surface area contributed by atoms with Gasteiger partial charge in [-0.25, -0.2) is 0 Å². The second-order valence-electron chi connectivity index (χ2n) is 4.59. The molecule has 0 radical (unpaired) electrons. The predicted octanol–water partition coefficient (Wildman–Crippen LogP) is 4.70. The lowest BCUT2D eigenvalue weighted by Crippen LogP contribution is -1.91. The first-order valence-electron chi connectivity index (χ1n) is 5.94. The van der Waals surface area contributed by atoms with E-state index in [0.717, 1.165) is 5.92 Å². The van der Waals surface area contributed by atoms with Crippen molar-refractivity contribution in [3.05, 3.63) is 11.1 Å². The van der Waals surface area contributed by atoms with E-state index in [1.54, 1.807) is 11.1 Å². The number of allylic oxidation sites excluding steroid dienone is 2. The first-order chi connectivity index (χ1) is 6.25. The van der Waals surface area contributed by atoms with Gasteiger partial charge < -0.3 is 0 Å². The van der Waals surface area contributed by atoms with Gasteiger partial charge in [-0.1, -0.05) is 57.1 Å². The second-order valence-corrected chi connectivity index (χ2v) is 4.59. The molecule has 0 bridgehead atoms. The first-order valence-corrected chi connectivity index (χ1v) is 5.94. The first kappa shape index (κ1) is 10.8. The Morgan fingerprint density at radius 3 is 2.31 bits per heavy atom. The molecular formula is C13H24. The molecular weight excluding hydrogens is 156 g/mol. The van der Waals surface area contributed by atoms with Crippen LogP contribution in [0.5, 0.6) is 0 Å². The zero-order valence-electron chi connectivity index (χ0n) is 9.53. The van der Waals surface area contributed by atoms with Gasteiger partial charge in [-0.15, -0.1) is 0 Å². The zero-order valence-corrected chi connectivity index (χ0v) is 9.53. The van der Waals surface area contributed by atoms with Crippen molar-refractivity contribution in [1.82, 2.24) is 0 Å². The maximum atomic E-state index is 2.39. The van der Waals surface area contributed by atoms with Crippen LogP contribution >= 0.6 is 0 Å². The van der Waals surface area contributed by atoms with Crippen molar-refractivity contribution in [2.75, 3.05) is 0 Å². The third-order valence-corrected chi connectivity index (χ3v) is 3.21. The van der Waals surface area contributed by atoms with Crippen molar-refractivity contribution in [3.63, 3.8) is 0 Å². The summed E-state index contributed by atoms with van der Waals surface area (Å²) in [4.78, 5) is 0. The lowest BCUT2D eigenvalue weighted by molar-refractivity contribution is 0.541. The van der Waals surface area contributed by atoms with E-state index in [-0.39, 0.29) is 0 Å². The highest BCUT2D eigenvalue weighted by Gasteiger charge is 2.21. The van der Waals surface area contributed by atoms with Gasteiger partial charge in [0.25, 0.3) is 0 Å². The minimum atomic E-state index is 0.890. The lowest BCUT2D eigenvalue weighted by Gasteiger charge is -2.06. The van der Waals surface area contributed by atoms with E-state index in [1.807, 2.05) is 0 Å². The third kappa shape index (κ3) is 3.97. The Balaban J connectivity index is 1.94. The summed E-state index contributed by atoms with van der Waals surface area (Å²) in [6, 6.07) is 0. The van der Waals surface area contributed by atoms with Crippen LogP contribution in [-0.4, -0.2) is 0 Å². The van der Waals surface area contributed by atoms with Gasteiger partial charge in [0.05, 0.1) is 0 Å². The van der Waals surface area contributed by atoms with Crippen LogP contribution in [0.15, 0.2) is 11.1 Å². The Morgan fingerprint density at radius 1 is 1.15 bits per heavy atom. The molecule has 0 fully saturated rings. The minimum Gasteiger partial charge on any atom is -0.0695 e. The van der Waals surface area contributed by atoms with Gasteiger partial charge in [-0.05, 0) is 25.7 Å². The second kappa shape index (κ2) is 5.47. The largest absolute Gasteiger partial charge is 0.0695 e. The Labute approximate surface area is 83.4 Å². The lowest BCUT2D eigenvalue weighted by atomic mass is 10.00. The van der Waals surface area contributed by atoms with E-state index < -0.39 is 0 Å². The molecule has 0 heterocycles. The highest BCUT2D eigenvalue weighted by atomic mass is 14.3. The molecule has 1 atom stereocenters. The van der Waals surface area contributed by atoms with Crippen LogP contribution in [0.2, 0.25) is 0 Å². The Bertz CT molecular complexity index is 176. The molecule has 1 aliphatic carbocycles. The summed E-state index contributed by atoms with van der Waals surface area (Å²) >= 11 is 0. The van der Waals surface area contributed by atoms with E-state index in [4.69, 9.17) is 0 Å². The van der Waals surface area contributed by atoms with E-state index >= 15 is 0 Å². The molecule has 0 spiro atoms. The van der Waals surface area contributed by atoms with Crippen LogP contribution < -0.4 is 0 Å².